The first kappa shape index (κ1) is 25.2. The topological polar surface area (TPSA) is 101 Å². The Balaban J connectivity index is 1.45. The summed E-state index contributed by atoms with van der Waals surface area (Å²) in [6, 6.07) is 12.2. The van der Waals surface area contributed by atoms with Crippen LogP contribution in [0, 0.1) is 5.92 Å². The van der Waals surface area contributed by atoms with Gasteiger partial charge in [-0.1, -0.05) is 43.5 Å². The Kier molecular flexibility index (Phi) is 7.47. The molecule has 9 heteroatoms. The normalized spacial score (nSPS) is 19.3. The van der Waals surface area contributed by atoms with E-state index in [1.807, 2.05) is 6.92 Å². The lowest BCUT2D eigenvalue weighted by molar-refractivity contribution is -0.125. The average molecular weight is 513 g/mol. The number of hydrogen-bond acceptors (Lipinski definition) is 6. The van der Waals surface area contributed by atoms with Crippen molar-refractivity contribution in [3.05, 3.63) is 64.6 Å². The maximum Gasteiger partial charge on any atom is 0.293 e. The van der Waals surface area contributed by atoms with Crippen LogP contribution in [0.15, 0.2) is 58.3 Å². The number of nitrogens with zero attached hydrogens (tertiary/aromatic N) is 1. The maximum atomic E-state index is 13.0. The molecular formula is C26H28N2O5S2. The number of imide groups is 1. The number of thioether (sulfide) groups is 1. The number of Topliss-reactive ketones (excluding diaryl/α,β-unsaturated/α-hetero) is 1. The summed E-state index contributed by atoms with van der Waals surface area (Å²) in [5.74, 6) is -0.0572. The van der Waals surface area contributed by atoms with E-state index in [9.17, 15) is 22.8 Å². The van der Waals surface area contributed by atoms with Crippen LogP contribution in [0.3, 0.4) is 0 Å². The molecule has 7 nitrogen and oxygen atoms in total. The van der Waals surface area contributed by atoms with Gasteiger partial charge in [-0.2, -0.15) is 0 Å². The van der Waals surface area contributed by atoms with Gasteiger partial charge in [-0.05, 0) is 80.3 Å². The molecule has 1 N–H and O–H groups in total. The van der Waals surface area contributed by atoms with Crippen molar-refractivity contribution >= 4 is 50.5 Å². The third-order valence-corrected chi connectivity index (χ3v) is 8.88. The van der Waals surface area contributed by atoms with Gasteiger partial charge in [0.15, 0.2) is 5.78 Å². The van der Waals surface area contributed by atoms with E-state index >= 15 is 0 Å². The van der Waals surface area contributed by atoms with E-state index in [4.69, 9.17) is 0 Å². The Bertz CT molecular complexity index is 1260. The molecule has 1 atom stereocenters. The van der Waals surface area contributed by atoms with Crippen LogP contribution in [0.1, 0.15) is 61.9 Å². The monoisotopic (exact) mass is 512 g/mol. The van der Waals surface area contributed by atoms with Crippen LogP contribution in [0.2, 0.25) is 0 Å². The first-order chi connectivity index (χ1) is 16.7. The molecule has 2 amide bonds. The summed E-state index contributed by atoms with van der Waals surface area (Å²) in [4.78, 5) is 38.8. The lowest BCUT2D eigenvalue weighted by atomic mass is 9.84. The molecule has 1 unspecified atom stereocenters. The molecule has 1 heterocycles. The zero-order valence-electron chi connectivity index (χ0n) is 19.7. The fraction of sp³-hybridized carbons (Fsp3) is 0.346. The highest BCUT2D eigenvalue weighted by Crippen LogP contribution is 2.38. The maximum absolute atomic E-state index is 13.0. The molecule has 1 aliphatic heterocycles. The summed E-state index contributed by atoms with van der Waals surface area (Å²) in [6.45, 7) is 3.38. The molecule has 1 aliphatic carbocycles. The first-order valence-corrected chi connectivity index (χ1v) is 14.0. The van der Waals surface area contributed by atoms with Crippen molar-refractivity contribution in [1.29, 1.82) is 0 Å². The van der Waals surface area contributed by atoms with Crippen molar-refractivity contribution < 1.29 is 22.8 Å². The van der Waals surface area contributed by atoms with Gasteiger partial charge in [0, 0.05) is 17.3 Å². The third kappa shape index (κ3) is 5.67. The van der Waals surface area contributed by atoms with E-state index in [0.717, 1.165) is 37.4 Å². The minimum absolute atomic E-state index is 0.0485. The standard InChI is InChI=1S/C26H28N2O5S2/c1-17(20-6-4-3-5-7-20)28-25(30)24(34-26(28)31)16-19-8-12-22(13-9-19)27-35(32,33)23-14-10-21(11-15-23)18(2)29/h8-17,20,27H,3-7H2,1-2H3/b24-16+. The molecule has 184 valence electrons. The Morgan fingerprint density at radius 2 is 1.66 bits per heavy atom. The highest BCUT2D eigenvalue weighted by Gasteiger charge is 2.40. The van der Waals surface area contributed by atoms with Crippen LogP contribution in [-0.4, -0.2) is 36.3 Å². The van der Waals surface area contributed by atoms with Crippen LogP contribution in [-0.2, 0) is 14.8 Å². The number of benzene rings is 2. The zero-order valence-corrected chi connectivity index (χ0v) is 21.3. The molecule has 2 fully saturated rings. The quantitative estimate of drug-likeness (QED) is 0.378. The summed E-state index contributed by atoms with van der Waals surface area (Å²) in [5.41, 5.74) is 1.48. The summed E-state index contributed by atoms with van der Waals surface area (Å²) >= 11 is 0.947. The molecule has 0 aromatic heterocycles. The second-order valence-electron chi connectivity index (χ2n) is 9.00. The number of amides is 2. The van der Waals surface area contributed by atoms with Crippen molar-refractivity contribution in [3.63, 3.8) is 0 Å². The van der Waals surface area contributed by atoms with E-state index in [2.05, 4.69) is 4.72 Å². The number of anilines is 1. The van der Waals surface area contributed by atoms with Crippen molar-refractivity contribution in [2.45, 2.75) is 56.9 Å². The molecule has 1 saturated heterocycles. The van der Waals surface area contributed by atoms with Gasteiger partial charge in [0.05, 0.1) is 9.80 Å². The minimum Gasteiger partial charge on any atom is -0.295 e. The Morgan fingerprint density at radius 1 is 1.03 bits per heavy atom. The van der Waals surface area contributed by atoms with Crippen LogP contribution < -0.4 is 4.72 Å². The SMILES string of the molecule is CC(=O)c1ccc(S(=O)(=O)Nc2ccc(/C=C3/SC(=O)N(C(C)C4CCCCC4)C3=O)cc2)cc1. The third-order valence-electron chi connectivity index (χ3n) is 6.59. The number of rotatable bonds is 7. The van der Waals surface area contributed by atoms with Gasteiger partial charge in [-0.25, -0.2) is 8.42 Å². The molecule has 35 heavy (non-hydrogen) atoms. The van der Waals surface area contributed by atoms with E-state index in [1.54, 1.807) is 30.3 Å². The second kappa shape index (κ2) is 10.4. The molecular weight excluding hydrogens is 484 g/mol. The van der Waals surface area contributed by atoms with Crippen LogP contribution in [0.5, 0.6) is 0 Å². The number of carbonyl (C=O) groups excluding carboxylic acids is 3. The Morgan fingerprint density at radius 3 is 2.26 bits per heavy atom. The number of sulfonamides is 1. The molecule has 0 spiro atoms. The average Bonchev–Trinajstić information content (AvgIpc) is 3.12. The number of carbonyl (C=O) groups is 3. The lowest BCUT2D eigenvalue weighted by Gasteiger charge is -2.32. The number of nitrogens with one attached hydrogen (secondary N) is 1. The molecule has 4 rings (SSSR count). The smallest absolute Gasteiger partial charge is 0.293 e. The van der Waals surface area contributed by atoms with Crippen molar-refractivity contribution in [2.24, 2.45) is 5.92 Å². The van der Waals surface area contributed by atoms with Crippen molar-refractivity contribution in [3.8, 4) is 0 Å². The van der Waals surface area contributed by atoms with Crippen molar-refractivity contribution in [2.75, 3.05) is 4.72 Å². The molecule has 0 bridgehead atoms. The number of hydrogen-bond donors (Lipinski definition) is 1. The van der Waals surface area contributed by atoms with Gasteiger partial charge in [0.1, 0.15) is 0 Å². The van der Waals surface area contributed by atoms with Gasteiger partial charge in [-0.15, -0.1) is 0 Å². The summed E-state index contributed by atoms with van der Waals surface area (Å²) in [7, 11) is -3.82. The minimum atomic E-state index is -3.82. The summed E-state index contributed by atoms with van der Waals surface area (Å²) < 4.78 is 27.8. The fourth-order valence-corrected chi connectivity index (χ4v) is 6.51. The largest absolute Gasteiger partial charge is 0.295 e. The van der Waals surface area contributed by atoms with Gasteiger partial charge in [0.25, 0.3) is 21.2 Å². The van der Waals surface area contributed by atoms with E-state index in [-0.39, 0.29) is 27.9 Å². The highest BCUT2D eigenvalue weighted by molar-refractivity contribution is 8.18. The predicted molar refractivity (Wildman–Crippen MR) is 138 cm³/mol. The molecule has 2 aromatic carbocycles. The Hall–Kier alpha value is -2.91. The second-order valence-corrected chi connectivity index (χ2v) is 11.7. The van der Waals surface area contributed by atoms with E-state index in [1.165, 1.54) is 42.5 Å². The molecule has 2 aliphatic rings. The fourth-order valence-electron chi connectivity index (χ4n) is 4.54. The molecule has 1 saturated carbocycles. The summed E-state index contributed by atoms with van der Waals surface area (Å²) in [5, 5.41) is -0.237. The van der Waals surface area contributed by atoms with Crippen LogP contribution in [0.4, 0.5) is 10.5 Å². The predicted octanol–water partition coefficient (Wildman–Crippen LogP) is 5.70. The van der Waals surface area contributed by atoms with Gasteiger partial charge in [-0.3, -0.25) is 24.0 Å². The van der Waals surface area contributed by atoms with E-state index < -0.39 is 10.0 Å². The van der Waals surface area contributed by atoms with Gasteiger partial charge < -0.3 is 0 Å². The zero-order chi connectivity index (χ0) is 25.2. The number of ketones is 1. The summed E-state index contributed by atoms with van der Waals surface area (Å²) in [6.07, 6.45) is 7.24. The van der Waals surface area contributed by atoms with Gasteiger partial charge in [0.2, 0.25) is 0 Å². The van der Waals surface area contributed by atoms with Crippen LogP contribution >= 0.6 is 11.8 Å². The molecule has 2 aromatic rings. The highest BCUT2D eigenvalue weighted by atomic mass is 32.2. The first-order valence-electron chi connectivity index (χ1n) is 11.7. The van der Waals surface area contributed by atoms with Crippen molar-refractivity contribution in [1.82, 2.24) is 4.90 Å². The van der Waals surface area contributed by atoms with E-state index in [0.29, 0.717) is 27.6 Å². The Labute approximate surface area is 210 Å². The molecule has 0 radical (unpaired) electrons. The van der Waals surface area contributed by atoms with Gasteiger partial charge >= 0.3 is 0 Å². The lowest BCUT2D eigenvalue weighted by Crippen LogP contribution is -2.42. The van der Waals surface area contributed by atoms with Crippen LogP contribution in [0.25, 0.3) is 6.08 Å².